The fourth-order valence-corrected chi connectivity index (χ4v) is 3.11. The number of hydrogen-bond acceptors (Lipinski definition) is 1. The van der Waals surface area contributed by atoms with Crippen LogP contribution in [0.1, 0.15) is 69.4 Å². The van der Waals surface area contributed by atoms with Crippen molar-refractivity contribution in [2.45, 2.75) is 58.8 Å². The third-order valence-electron chi connectivity index (χ3n) is 4.43. The van der Waals surface area contributed by atoms with Crippen LogP contribution in [0.5, 0.6) is 0 Å². The van der Waals surface area contributed by atoms with Crippen molar-refractivity contribution in [3.8, 4) is 6.07 Å². The minimum absolute atomic E-state index is 0.0498. The average Bonchev–Trinajstić information content (AvgIpc) is 2.49. The Hall–Kier alpha value is -1.49. The zero-order valence-corrected chi connectivity index (χ0v) is 17.3. The van der Waals surface area contributed by atoms with Crippen molar-refractivity contribution in [3.63, 3.8) is 0 Å². The van der Waals surface area contributed by atoms with E-state index in [9.17, 15) is 5.26 Å². The summed E-state index contributed by atoms with van der Waals surface area (Å²) in [4.78, 5) is 0. The van der Waals surface area contributed by atoms with Crippen molar-refractivity contribution >= 4 is 23.2 Å². The van der Waals surface area contributed by atoms with Crippen LogP contribution in [-0.2, 0) is 17.3 Å². The molecule has 0 radical (unpaired) electrons. The van der Waals surface area contributed by atoms with Crippen molar-refractivity contribution in [2.24, 2.45) is 0 Å². The van der Waals surface area contributed by atoms with Crippen molar-refractivity contribution in [1.29, 1.82) is 5.26 Å². The molecule has 0 saturated heterocycles. The Bertz CT molecular complexity index is 831. The molecular formula is C22H25Cl2N. The quantitative estimate of drug-likeness (QED) is 0.552. The molecule has 132 valence electrons. The summed E-state index contributed by atoms with van der Waals surface area (Å²) in [5, 5.41) is 10.7. The summed E-state index contributed by atoms with van der Waals surface area (Å²) >= 11 is 12.9. The number of hydrogen-bond donors (Lipinski definition) is 0. The van der Waals surface area contributed by atoms with Crippen LogP contribution < -0.4 is 0 Å². The predicted octanol–water partition coefficient (Wildman–Crippen LogP) is 7.05. The van der Waals surface area contributed by atoms with Gasteiger partial charge in [-0.2, -0.15) is 5.26 Å². The van der Waals surface area contributed by atoms with Crippen molar-refractivity contribution < 1.29 is 0 Å². The fraction of sp³-hybridized carbons (Fsp3) is 0.409. The van der Waals surface area contributed by atoms with E-state index < -0.39 is 0 Å². The van der Waals surface area contributed by atoms with E-state index >= 15 is 0 Å². The van der Waals surface area contributed by atoms with Crippen LogP contribution in [-0.4, -0.2) is 0 Å². The minimum atomic E-state index is -0.0536. The number of halogens is 2. The topological polar surface area (TPSA) is 23.8 Å². The zero-order valence-electron chi connectivity index (χ0n) is 15.8. The van der Waals surface area contributed by atoms with Gasteiger partial charge in [-0.15, -0.1) is 0 Å². The lowest BCUT2D eigenvalue weighted by molar-refractivity contribution is 0.588. The maximum Gasteiger partial charge on any atom is 0.101 e. The van der Waals surface area contributed by atoms with E-state index in [1.807, 2.05) is 12.1 Å². The highest BCUT2D eigenvalue weighted by Gasteiger charge is 2.20. The highest BCUT2D eigenvalue weighted by molar-refractivity contribution is 6.33. The molecule has 2 rings (SSSR count). The van der Waals surface area contributed by atoms with Gasteiger partial charge < -0.3 is 0 Å². The molecule has 0 bridgehead atoms. The minimum Gasteiger partial charge on any atom is -0.192 e. The van der Waals surface area contributed by atoms with Crippen LogP contribution in [0.4, 0.5) is 0 Å². The molecule has 0 aliphatic carbocycles. The lowest BCUT2D eigenvalue weighted by Crippen LogP contribution is -2.13. The normalized spacial score (nSPS) is 12.1. The van der Waals surface area contributed by atoms with Gasteiger partial charge in [-0.3, -0.25) is 0 Å². The Kier molecular flexibility index (Phi) is 5.57. The lowest BCUT2D eigenvalue weighted by atomic mass is 9.83. The van der Waals surface area contributed by atoms with Gasteiger partial charge in [0.15, 0.2) is 0 Å². The van der Waals surface area contributed by atoms with Crippen LogP contribution in [0.3, 0.4) is 0 Å². The van der Waals surface area contributed by atoms with Crippen molar-refractivity contribution in [3.05, 3.63) is 68.2 Å². The number of nitriles is 1. The summed E-state index contributed by atoms with van der Waals surface area (Å²) in [7, 11) is 0. The van der Waals surface area contributed by atoms with Gasteiger partial charge in [0.05, 0.1) is 10.6 Å². The molecular weight excluding hydrogens is 349 g/mol. The molecule has 0 saturated carbocycles. The molecule has 2 aromatic rings. The van der Waals surface area contributed by atoms with Crippen LogP contribution in [0.2, 0.25) is 10.0 Å². The average molecular weight is 374 g/mol. The Morgan fingerprint density at radius 3 is 1.92 bits per heavy atom. The molecule has 0 heterocycles. The van der Waals surface area contributed by atoms with Crippen LogP contribution in [0.25, 0.3) is 0 Å². The summed E-state index contributed by atoms with van der Waals surface area (Å²) in [6, 6.07) is 12.4. The second kappa shape index (κ2) is 7.02. The van der Waals surface area contributed by atoms with Gasteiger partial charge in [-0.05, 0) is 45.2 Å². The van der Waals surface area contributed by atoms with Crippen molar-refractivity contribution in [1.82, 2.24) is 0 Å². The van der Waals surface area contributed by atoms with Gasteiger partial charge in [0.1, 0.15) is 6.07 Å². The lowest BCUT2D eigenvalue weighted by Gasteiger charge is -2.22. The molecule has 0 N–H and O–H groups in total. The smallest absolute Gasteiger partial charge is 0.101 e. The third-order valence-corrected chi connectivity index (χ3v) is 5.24. The van der Waals surface area contributed by atoms with E-state index in [4.69, 9.17) is 23.2 Å². The summed E-state index contributed by atoms with van der Waals surface area (Å²) in [6.45, 7) is 12.9. The van der Waals surface area contributed by atoms with E-state index in [0.29, 0.717) is 17.0 Å². The largest absolute Gasteiger partial charge is 0.192 e. The SMILES string of the molecule is CC(C)(C)c1ccc(Cl)c(Cc2cc(C(C)(C)C)cc(C#N)c2Cl)c1. The van der Waals surface area contributed by atoms with Gasteiger partial charge in [0.25, 0.3) is 0 Å². The molecule has 0 spiro atoms. The molecule has 3 heteroatoms. The maximum atomic E-state index is 9.44. The molecule has 2 aromatic carbocycles. The third kappa shape index (κ3) is 4.57. The van der Waals surface area contributed by atoms with Crippen LogP contribution >= 0.6 is 23.2 Å². The standard InChI is InChI=1S/C22H25Cl2N/c1-21(2,3)17-7-8-19(23)14(10-17)9-15-11-18(22(4,5)6)12-16(13-25)20(15)24/h7-8,10-12H,9H2,1-6H3. The zero-order chi connectivity index (χ0) is 19.0. The fourth-order valence-electron chi connectivity index (χ4n) is 2.71. The molecule has 0 aromatic heterocycles. The maximum absolute atomic E-state index is 9.44. The second-order valence-corrected chi connectivity index (χ2v) is 9.38. The summed E-state index contributed by atoms with van der Waals surface area (Å²) in [6.07, 6.45) is 0.611. The van der Waals surface area contributed by atoms with Gasteiger partial charge in [-0.25, -0.2) is 0 Å². The monoisotopic (exact) mass is 373 g/mol. The van der Waals surface area contributed by atoms with Crippen molar-refractivity contribution in [2.75, 3.05) is 0 Å². The Morgan fingerprint density at radius 1 is 0.840 bits per heavy atom. The molecule has 0 aliphatic heterocycles. The van der Waals surface area contributed by atoms with E-state index in [1.54, 1.807) is 0 Å². The van der Waals surface area contributed by atoms with Gasteiger partial charge in [0, 0.05) is 11.4 Å². The Balaban J connectivity index is 2.56. The molecule has 0 fully saturated rings. The summed E-state index contributed by atoms with van der Waals surface area (Å²) in [5.41, 5.74) is 4.83. The number of rotatable bonds is 2. The van der Waals surface area contributed by atoms with E-state index in [-0.39, 0.29) is 10.8 Å². The second-order valence-electron chi connectivity index (χ2n) is 8.59. The number of nitrogens with zero attached hydrogens (tertiary/aromatic N) is 1. The van der Waals surface area contributed by atoms with Crippen LogP contribution in [0, 0.1) is 11.3 Å². The highest BCUT2D eigenvalue weighted by atomic mass is 35.5. The first-order valence-electron chi connectivity index (χ1n) is 8.45. The molecule has 25 heavy (non-hydrogen) atoms. The Labute approximate surface area is 161 Å². The Morgan fingerprint density at radius 2 is 1.40 bits per heavy atom. The molecule has 0 aliphatic rings. The van der Waals surface area contributed by atoms with Gasteiger partial charge in [-0.1, -0.05) is 82.9 Å². The summed E-state index contributed by atoms with van der Waals surface area (Å²) in [5.74, 6) is 0. The van der Waals surface area contributed by atoms with E-state index in [2.05, 4.69) is 65.8 Å². The first-order chi connectivity index (χ1) is 11.4. The van der Waals surface area contributed by atoms with E-state index in [0.717, 1.165) is 21.7 Å². The predicted molar refractivity (Wildman–Crippen MR) is 108 cm³/mol. The first-order valence-corrected chi connectivity index (χ1v) is 9.21. The van der Waals surface area contributed by atoms with Gasteiger partial charge in [0.2, 0.25) is 0 Å². The number of benzene rings is 2. The van der Waals surface area contributed by atoms with E-state index in [1.165, 1.54) is 5.56 Å². The molecule has 0 unspecified atom stereocenters. The first kappa shape index (κ1) is 19.8. The molecule has 0 atom stereocenters. The summed E-state index contributed by atoms with van der Waals surface area (Å²) < 4.78 is 0. The molecule has 1 nitrogen and oxygen atoms in total. The van der Waals surface area contributed by atoms with Gasteiger partial charge >= 0.3 is 0 Å². The molecule has 0 amide bonds. The van der Waals surface area contributed by atoms with Crippen LogP contribution in [0.15, 0.2) is 30.3 Å². The highest BCUT2D eigenvalue weighted by Crippen LogP contribution is 2.33.